The van der Waals surface area contributed by atoms with Gasteiger partial charge in [-0.25, -0.2) is 0 Å². The molecule has 2 aromatic rings. The second-order valence-corrected chi connectivity index (χ2v) is 3.52. The van der Waals surface area contributed by atoms with Crippen molar-refractivity contribution in [2.24, 2.45) is 0 Å². The highest BCUT2D eigenvalue weighted by atomic mass is 16.7. The SMILES string of the molecule is Cc1nnc(COc2ccc3c(c2)OCO3)o1. The van der Waals surface area contributed by atoms with Gasteiger partial charge in [-0.3, -0.25) is 0 Å². The van der Waals surface area contributed by atoms with Gasteiger partial charge in [0.05, 0.1) is 0 Å². The van der Waals surface area contributed by atoms with E-state index in [1.54, 1.807) is 25.1 Å². The summed E-state index contributed by atoms with van der Waals surface area (Å²) in [5.74, 6) is 3.05. The number of fused-ring (bicyclic) bond motifs is 1. The van der Waals surface area contributed by atoms with Crippen LogP contribution in [-0.4, -0.2) is 17.0 Å². The molecule has 17 heavy (non-hydrogen) atoms. The molecule has 0 bridgehead atoms. The lowest BCUT2D eigenvalue weighted by atomic mass is 10.3. The lowest BCUT2D eigenvalue weighted by molar-refractivity contribution is 0.173. The molecule has 88 valence electrons. The second kappa shape index (κ2) is 3.97. The third kappa shape index (κ3) is 2.01. The normalized spacial score (nSPS) is 12.8. The monoisotopic (exact) mass is 234 g/mol. The molecule has 0 saturated heterocycles. The topological polar surface area (TPSA) is 66.6 Å². The fourth-order valence-electron chi connectivity index (χ4n) is 1.51. The van der Waals surface area contributed by atoms with E-state index in [4.69, 9.17) is 18.6 Å². The molecular formula is C11H10N2O4. The molecule has 0 unspecified atom stereocenters. The number of hydrogen-bond donors (Lipinski definition) is 0. The summed E-state index contributed by atoms with van der Waals surface area (Å²) in [4.78, 5) is 0. The van der Waals surface area contributed by atoms with Crippen molar-refractivity contribution in [1.29, 1.82) is 0 Å². The van der Waals surface area contributed by atoms with Crippen molar-refractivity contribution in [2.45, 2.75) is 13.5 Å². The first-order valence-electron chi connectivity index (χ1n) is 5.13. The predicted octanol–water partition coefficient (Wildman–Crippen LogP) is 1.69. The maximum atomic E-state index is 5.50. The Morgan fingerprint density at radius 3 is 2.94 bits per heavy atom. The van der Waals surface area contributed by atoms with Gasteiger partial charge in [0.25, 0.3) is 5.89 Å². The summed E-state index contributed by atoms with van der Waals surface area (Å²) in [6, 6.07) is 5.37. The van der Waals surface area contributed by atoms with Crippen LogP contribution in [0.1, 0.15) is 11.8 Å². The van der Waals surface area contributed by atoms with Crippen LogP contribution in [0, 0.1) is 6.92 Å². The average molecular weight is 234 g/mol. The van der Waals surface area contributed by atoms with Gasteiger partial charge in [0, 0.05) is 13.0 Å². The van der Waals surface area contributed by atoms with E-state index in [0.29, 0.717) is 23.3 Å². The number of ether oxygens (including phenoxy) is 3. The summed E-state index contributed by atoms with van der Waals surface area (Å²) in [7, 11) is 0. The Morgan fingerprint density at radius 1 is 1.24 bits per heavy atom. The fraction of sp³-hybridized carbons (Fsp3) is 0.273. The van der Waals surface area contributed by atoms with Crippen molar-refractivity contribution in [3.8, 4) is 17.2 Å². The zero-order valence-electron chi connectivity index (χ0n) is 9.17. The molecule has 3 rings (SSSR count). The smallest absolute Gasteiger partial charge is 0.253 e. The number of rotatable bonds is 3. The number of hydrogen-bond acceptors (Lipinski definition) is 6. The van der Waals surface area contributed by atoms with Gasteiger partial charge in [-0.05, 0) is 12.1 Å². The summed E-state index contributed by atoms with van der Waals surface area (Å²) >= 11 is 0. The summed E-state index contributed by atoms with van der Waals surface area (Å²) in [6.07, 6.45) is 0. The van der Waals surface area contributed by atoms with Crippen molar-refractivity contribution in [1.82, 2.24) is 10.2 Å². The van der Waals surface area contributed by atoms with Gasteiger partial charge in [0.15, 0.2) is 18.1 Å². The minimum absolute atomic E-state index is 0.237. The van der Waals surface area contributed by atoms with Crippen molar-refractivity contribution in [3.63, 3.8) is 0 Å². The molecular weight excluding hydrogens is 224 g/mol. The van der Waals surface area contributed by atoms with Gasteiger partial charge >= 0.3 is 0 Å². The average Bonchev–Trinajstić information content (AvgIpc) is 2.94. The predicted molar refractivity (Wildman–Crippen MR) is 55.9 cm³/mol. The molecule has 0 N–H and O–H groups in total. The number of benzene rings is 1. The van der Waals surface area contributed by atoms with E-state index < -0.39 is 0 Å². The lowest BCUT2D eigenvalue weighted by Gasteiger charge is -2.03. The van der Waals surface area contributed by atoms with Crippen LogP contribution in [0.15, 0.2) is 22.6 Å². The van der Waals surface area contributed by atoms with Crippen LogP contribution in [0.3, 0.4) is 0 Å². The highest BCUT2D eigenvalue weighted by Crippen LogP contribution is 2.35. The Balaban J connectivity index is 1.69. The molecule has 0 fully saturated rings. The molecule has 0 radical (unpaired) electrons. The Hall–Kier alpha value is -2.24. The quantitative estimate of drug-likeness (QED) is 0.805. The largest absolute Gasteiger partial charge is 0.484 e. The van der Waals surface area contributed by atoms with Crippen LogP contribution < -0.4 is 14.2 Å². The number of nitrogens with zero attached hydrogens (tertiary/aromatic N) is 2. The first kappa shape index (κ1) is 9.95. The molecule has 1 aromatic heterocycles. The maximum Gasteiger partial charge on any atom is 0.253 e. The van der Waals surface area contributed by atoms with E-state index in [1.807, 2.05) is 0 Å². The highest BCUT2D eigenvalue weighted by molar-refractivity contribution is 5.46. The molecule has 0 spiro atoms. The van der Waals surface area contributed by atoms with Crippen molar-refractivity contribution >= 4 is 0 Å². The van der Waals surface area contributed by atoms with Crippen LogP contribution in [0.5, 0.6) is 17.2 Å². The van der Waals surface area contributed by atoms with E-state index in [0.717, 1.165) is 5.75 Å². The van der Waals surface area contributed by atoms with E-state index in [-0.39, 0.29) is 13.4 Å². The van der Waals surface area contributed by atoms with Gasteiger partial charge in [0.2, 0.25) is 12.7 Å². The van der Waals surface area contributed by atoms with Crippen molar-refractivity contribution in [2.75, 3.05) is 6.79 Å². The van der Waals surface area contributed by atoms with E-state index >= 15 is 0 Å². The molecule has 1 aromatic carbocycles. The van der Waals surface area contributed by atoms with E-state index in [1.165, 1.54) is 0 Å². The third-order valence-corrected chi connectivity index (χ3v) is 2.27. The van der Waals surface area contributed by atoms with Crippen LogP contribution in [0.2, 0.25) is 0 Å². The first-order valence-corrected chi connectivity index (χ1v) is 5.13. The van der Waals surface area contributed by atoms with E-state index in [9.17, 15) is 0 Å². The molecule has 2 heterocycles. The Morgan fingerprint density at radius 2 is 2.12 bits per heavy atom. The zero-order chi connectivity index (χ0) is 11.7. The van der Waals surface area contributed by atoms with Crippen molar-refractivity contribution < 1.29 is 18.6 Å². The van der Waals surface area contributed by atoms with Gasteiger partial charge < -0.3 is 18.6 Å². The van der Waals surface area contributed by atoms with Gasteiger partial charge in [-0.15, -0.1) is 10.2 Å². The van der Waals surface area contributed by atoms with Gasteiger partial charge in [-0.1, -0.05) is 0 Å². The molecule has 0 amide bonds. The van der Waals surface area contributed by atoms with Crippen molar-refractivity contribution in [3.05, 3.63) is 30.0 Å². The molecule has 1 aliphatic rings. The van der Waals surface area contributed by atoms with E-state index in [2.05, 4.69) is 10.2 Å². The molecule has 6 nitrogen and oxygen atoms in total. The molecule has 0 saturated carbocycles. The maximum absolute atomic E-state index is 5.50. The second-order valence-electron chi connectivity index (χ2n) is 3.52. The first-order chi connectivity index (χ1) is 8.31. The van der Waals surface area contributed by atoms with Crippen LogP contribution in [0.25, 0.3) is 0 Å². The summed E-state index contributed by atoms with van der Waals surface area (Å²) in [6.45, 7) is 2.22. The van der Waals surface area contributed by atoms with Crippen LogP contribution in [-0.2, 0) is 6.61 Å². The third-order valence-electron chi connectivity index (χ3n) is 2.27. The summed E-state index contributed by atoms with van der Waals surface area (Å²) < 4.78 is 21.1. The fourth-order valence-corrected chi connectivity index (χ4v) is 1.51. The Bertz CT molecular complexity index is 538. The van der Waals surface area contributed by atoms with Gasteiger partial charge in [-0.2, -0.15) is 0 Å². The number of aryl methyl sites for hydroxylation is 1. The highest BCUT2D eigenvalue weighted by Gasteiger charge is 2.14. The van der Waals surface area contributed by atoms with Crippen LogP contribution >= 0.6 is 0 Å². The number of aromatic nitrogens is 2. The standard InChI is InChI=1S/C11H10N2O4/c1-7-12-13-11(17-7)5-14-8-2-3-9-10(4-8)16-6-15-9/h2-4H,5-6H2,1H3. The summed E-state index contributed by atoms with van der Waals surface area (Å²) in [5, 5.41) is 7.55. The Labute approximate surface area is 97.1 Å². The minimum atomic E-state index is 0.237. The minimum Gasteiger partial charge on any atom is -0.484 e. The van der Waals surface area contributed by atoms with Crippen LogP contribution in [0.4, 0.5) is 0 Å². The molecule has 1 aliphatic heterocycles. The summed E-state index contributed by atoms with van der Waals surface area (Å²) in [5.41, 5.74) is 0. The Kier molecular flexibility index (Phi) is 2.32. The van der Waals surface area contributed by atoms with Gasteiger partial charge in [0.1, 0.15) is 5.75 Å². The molecule has 0 atom stereocenters. The lowest BCUT2D eigenvalue weighted by Crippen LogP contribution is -1.95. The molecule has 0 aliphatic carbocycles. The zero-order valence-corrected chi connectivity index (χ0v) is 9.17. The molecule has 6 heteroatoms.